The summed E-state index contributed by atoms with van der Waals surface area (Å²) in [5.41, 5.74) is 4.65. The van der Waals surface area contributed by atoms with Crippen molar-refractivity contribution in [2.45, 2.75) is 88.3 Å². The Hall–Kier alpha value is -5.03. The van der Waals surface area contributed by atoms with Crippen molar-refractivity contribution in [1.82, 2.24) is 20.4 Å². The average molecular weight is 967 g/mol. The van der Waals surface area contributed by atoms with Crippen LogP contribution >= 0.6 is 37.7 Å². The molecule has 0 aliphatic heterocycles. The molecule has 0 radical (unpaired) electrons. The van der Waals surface area contributed by atoms with Crippen LogP contribution in [0.4, 0.5) is 24.5 Å². The second-order valence-corrected chi connectivity index (χ2v) is 20.5. The predicted molar refractivity (Wildman–Crippen MR) is 252 cm³/mol. The van der Waals surface area contributed by atoms with Crippen LogP contribution in [-0.4, -0.2) is 56.8 Å². The molecular formula is C43H55F3N6O8P2S2. The fourth-order valence-electron chi connectivity index (χ4n) is 6.12. The van der Waals surface area contributed by atoms with Gasteiger partial charge < -0.3 is 29.4 Å². The number of hydrogen-bond donors (Lipinski definition) is 6. The molecule has 0 saturated carbocycles. The lowest BCUT2D eigenvalue weighted by Gasteiger charge is -2.20. The number of carboxylic acid groups (broad SMARTS) is 2. The molecule has 0 aliphatic carbocycles. The zero-order valence-electron chi connectivity index (χ0n) is 37.7. The molecule has 14 nitrogen and oxygen atoms in total. The maximum absolute atomic E-state index is 13.5. The van der Waals surface area contributed by atoms with Crippen molar-refractivity contribution in [2.24, 2.45) is 0 Å². The van der Waals surface area contributed by atoms with Gasteiger partial charge >= 0.3 is 33.2 Å². The SMILES string of the molecule is CC.CCCC.COP(=O)(Nc1cc(-c2c(C)n[nH]c2C)sc1C(=O)O)c1ccc(C)cc1C.COP(=O)(Nc1cc(-c2cn[nH]c2C(F)(F)F)sc1C(=O)O)c1ccc(C)cc1C. The molecule has 6 rings (SSSR count). The number of alkyl halides is 3. The Morgan fingerprint density at radius 2 is 1.17 bits per heavy atom. The molecule has 0 saturated heterocycles. The number of aromatic carboxylic acids is 2. The molecule has 6 aromatic rings. The number of carbonyl (C=O) groups is 2. The summed E-state index contributed by atoms with van der Waals surface area (Å²) in [6.07, 6.45) is -1.10. The van der Waals surface area contributed by atoms with E-state index in [1.165, 1.54) is 33.1 Å². The quantitative estimate of drug-likeness (QED) is 0.0598. The molecule has 2 atom stereocenters. The number of nitrogens with zero attached hydrogens (tertiary/aromatic N) is 2. The summed E-state index contributed by atoms with van der Waals surface area (Å²) in [7, 11) is -4.72. The Bertz CT molecular complexity index is 2630. The second-order valence-electron chi connectivity index (χ2n) is 14.1. The highest BCUT2D eigenvalue weighted by atomic mass is 32.1. The number of aromatic amines is 2. The maximum Gasteiger partial charge on any atom is 0.433 e. The Morgan fingerprint density at radius 1 is 0.734 bits per heavy atom. The van der Waals surface area contributed by atoms with Gasteiger partial charge in [0.15, 0.2) is 0 Å². The lowest BCUT2D eigenvalue weighted by atomic mass is 10.1. The number of aryl methyl sites for hydroxylation is 6. The van der Waals surface area contributed by atoms with Crippen LogP contribution in [0.15, 0.2) is 54.7 Å². The van der Waals surface area contributed by atoms with E-state index < -0.39 is 38.8 Å². The van der Waals surface area contributed by atoms with Gasteiger partial charge in [0.1, 0.15) is 15.4 Å². The first-order chi connectivity index (χ1) is 30.0. The van der Waals surface area contributed by atoms with Crippen LogP contribution < -0.4 is 20.8 Å². The fourth-order valence-corrected chi connectivity index (χ4v) is 11.8. The molecule has 0 fully saturated rings. The van der Waals surface area contributed by atoms with Crippen LogP contribution in [0, 0.1) is 41.5 Å². The standard InChI is InChI=1S/C19H22N3O4PS.C18H17F3N3O4PS.C4H10.C2H6/c1-10-6-7-15(11(2)8-10)27(25,26-5)22-14-9-16(28-18(14)19(23)24)17-12(3)20-21-13(17)4;1-9-4-5-13(10(2)6-9)29(27,28-3)24-12-7-14(30-15(12)17(25)26)11-8-22-23-16(11)18(19,20)21;1-3-4-2;1-2/h6-9H,1-5H3,(H,20,21)(H,22,25)(H,23,24);4-8H,1-3H3,(H,22,23)(H,24,27)(H,25,26);3-4H2,1-2H3;1-2H3. The summed E-state index contributed by atoms with van der Waals surface area (Å²) >= 11 is 1.72. The summed E-state index contributed by atoms with van der Waals surface area (Å²) in [6, 6.07) is 13.5. The van der Waals surface area contributed by atoms with Crippen LogP contribution in [0.2, 0.25) is 0 Å². The number of carboxylic acids is 2. The molecular weight excluding hydrogens is 912 g/mol. The van der Waals surface area contributed by atoms with E-state index in [2.05, 4.69) is 39.3 Å². The van der Waals surface area contributed by atoms with E-state index in [0.717, 1.165) is 56.1 Å². The largest absolute Gasteiger partial charge is 0.477 e. The molecule has 0 amide bonds. The Morgan fingerprint density at radius 3 is 1.53 bits per heavy atom. The number of nitrogens with one attached hydrogen (secondary N) is 4. The van der Waals surface area contributed by atoms with Crippen LogP contribution in [-0.2, 0) is 24.4 Å². The molecule has 6 N–H and O–H groups in total. The molecule has 4 aromatic heterocycles. The van der Waals surface area contributed by atoms with Gasteiger partial charge in [-0.3, -0.25) is 19.3 Å². The number of aromatic nitrogens is 4. The topological polar surface area (TPSA) is 209 Å². The van der Waals surface area contributed by atoms with Crippen molar-refractivity contribution < 1.29 is 51.2 Å². The number of H-pyrrole nitrogens is 2. The van der Waals surface area contributed by atoms with E-state index in [1.807, 2.05) is 65.7 Å². The van der Waals surface area contributed by atoms with Crippen LogP contribution in [0.3, 0.4) is 0 Å². The summed E-state index contributed by atoms with van der Waals surface area (Å²) in [5, 5.41) is 37.9. The highest BCUT2D eigenvalue weighted by Crippen LogP contribution is 2.51. The lowest BCUT2D eigenvalue weighted by molar-refractivity contribution is -0.140. The predicted octanol–water partition coefficient (Wildman–Crippen LogP) is 12.5. The molecule has 0 bridgehead atoms. The Kier molecular flexibility index (Phi) is 18.9. The van der Waals surface area contributed by atoms with Gasteiger partial charge in [0.2, 0.25) is 0 Å². The minimum atomic E-state index is -4.70. The van der Waals surface area contributed by atoms with Gasteiger partial charge in [0.05, 0.1) is 33.9 Å². The monoisotopic (exact) mass is 966 g/mol. The number of unbranched alkanes of at least 4 members (excludes halogenated alkanes) is 1. The van der Waals surface area contributed by atoms with E-state index in [0.29, 0.717) is 27.5 Å². The van der Waals surface area contributed by atoms with E-state index in [1.54, 1.807) is 37.3 Å². The number of benzene rings is 2. The van der Waals surface area contributed by atoms with E-state index in [-0.39, 0.29) is 31.6 Å². The number of thiophene rings is 2. The molecule has 348 valence electrons. The highest BCUT2D eigenvalue weighted by molar-refractivity contribution is 7.69. The van der Waals surface area contributed by atoms with Gasteiger partial charge in [-0.15, -0.1) is 22.7 Å². The summed E-state index contributed by atoms with van der Waals surface area (Å²) in [4.78, 5) is 24.0. The molecule has 2 aromatic carbocycles. The third-order valence-corrected chi connectivity index (χ3v) is 16.0. The number of hydrogen-bond acceptors (Lipinski definition) is 10. The zero-order chi connectivity index (χ0) is 48.3. The van der Waals surface area contributed by atoms with Gasteiger partial charge in [-0.1, -0.05) is 75.9 Å². The maximum atomic E-state index is 13.5. The third kappa shape index (κ3) is 12.6. The second kappa shape index (κ2) is 22.7. The molecule has 0 aliphatic rings. The zero-order valence-corrected chi connectivity index (χ0v) is 41.1. The lowest BCUT2D eigenvalue weighted by Crippen LogP contribution is -2.17. The molecule has 2 unspecified atom stereocenters. The van der Waals surface area contributed by atoms with Crippen LogP contribution in [0.5, 0.6) is 0 Å². The Labute approximate surface area is 379 Å². The summed E-state index contributed by atoms with van der Waals surface area (Å²) in [6.45, 7) is 19.5. The van der Waals surface area contributed by atoms with Crippen LogP contribution in [0.1, 0.15) is 99.2 Å². The first-order valence-corrected chi connectivity index (χ1v) is 24.8. The van der Waals surface area contributed by atoms with Gasteiger partial charge in [-0.05, 0) is 76.9 Å². The van der Waals surface area contributed by atoms with E-state index in [9.17, 15) is 42.1 Å². The van der Waals surface area contributed by atoms with Crippen molar-refractivity contribution >= 4 is 71.6 Å². The van der Waals surface area contributed by atoms with Crippen molar-refractivity contribution in [1.29, 1.82) is 0 Å². The van der Waals surface area contributed by atoms with Gasteiger partial charge in [0, 0.05) is 40.8 Å². The number of anilines is 2. The molecule has 64 heavy (non-hydrogen) atoms. The van der Waals surface area contributed by atoms with E-state index >= 15 is 0 Å². The van der Waals surface area contributed by atoms with E-state index in [4.69, 9.17) is 9.05 Å². The van der Waals surface area contributed by atoms with Gasteiger partial charge in [0.25, 0.3) is 0 Å². The minimum absolute atomic E-state index is 0.000689. The molecule has 4 heterocycles. The summed E-state index contributed by atoms with van der Waals surface area (Å²) < 4.78 is 77.2. The van der Waals surface area contributed by atoms with Crippen molar-refractivity contribution in [3.63, 3.8) is 0 Å². The van der Waals surface area contributed by atoms with Crippen molar-refractivity contribution in [2.75, 3.05) is 24.4 Å². The fraction of sp³-hybridized carbons (Fsp3) is 0.349. The summed E-state index contributed by atoms with van der Waals surface area (Å²) in [5.74, 6) is -2.48. The Balaban J connectivity index is 0.000000304. The van der Waals surface area contributed by atoms with Crippen molar-refractivity contribution in [3.8, 4) is 20.9 Å². The average Bonchev–Trinajstić information content (AvgIpc) is 4.05. The highest BCUT2D eigenvalue weighted by Gasteiger charge is 2.37. The first-order valence-electron chi connectivity index (χ1n) is 19.9. The normalized spacial score (nSPS) is 12.9. The molecule has 21 heteroatoms. The third-order valence-electron chi connectivity index (χ3n) is 9.30. The van der Waals surface area contributed by atoms with Crippen molar-refractivity contribution in [3.05, 3.63) is 104 Å². The van der Waals surface area contributed by atoms with Gasteiger partial charge in [-0.25, -0.2) is 9.59 Å². The first kappa shape index (κ1) is 53.3. The van der Waals surface area contributed by atoms with Crippen LogP contribution in [0.25, 0.3) is 20.9 Å². The minimum Gasteiger partial charge on any atom is -0.477 e. The smallest absolute Gasteiger partial charge is 0.433 e. The number of rotatable bonds is 13. The molecule has 0 spiro atoms. The number of halogens is 3. The van der Waals surface area contributed by atoms with Gasteiger partial charge in [-0.2, -0.15) is 23.4 Å².